The number of aromatic nitrogens is 2. The Morgan fingerprint density at radius 1 is 1.07 bits per heavy atom. The molecule has 0 saturated carbocycles. The van der Waals surface area contributed by atoms with Crippen LogP contribution in [0.2, 0.25) is 0 Å². The second-order valence-corrected chi connectivity index (χ2v) is 9.09. The number of fused-ring (bicyclic) bond motifs is 1. The quantitative estimate of drug-likeness (QED) is 0.774. The van der Waals surface area contributed by atoms with Gasteiger partial charge in [0, 0.05) is 32.4 Å². The zero-order chi connectivity index (χ0) is 20.6. The lowest BCUT2D eigenvalue weighted by molar-refractivity contribution is 0.0204. The van der Waals surface area contributed by atoms with Crippen molar-refractivity contribution in [2.75, 3.05) is 26.2 Å². The van der Waals surface area contributed by atoms with Crippen LogP contribution in [0.3, 0.4) is 0 Å². The minimum Gasteiger partial charge on any atom is -0.444 e. The summed E-state index contributed by atoms with van der Waals surface area (Å²) in [4.78, 5) is 28.9. The van der Waals surface area contributed by atoms with E-state index in [9.17, 15) is 9.59 Å². The third kappa shape index (κ3) is 4.23. The molecule has 2 aliphatic rings. The van der Waals surface area contributed by atoms with Crippen LogP contribution in [0.5, 0.6) is 0 Å². The van der Waals surface area contributed by atoms with Gasteiger partial charge in [-0.2, -0.15) is 5.10 Å². The molecule has 4 heterocycles. The number of amides is 2. The van der Waals surface area contributed by atoms with Crippen LogP contribution >= 0.6 is 0 Å². The van der Waals surface area contributed by atoms with E-state index in [1.165, 1.54) is 5.56 Å². The largest absolute Gasteiger partial charge is 0.444 e. The predicted molar refractivity (Wildman–Crippen MR) is 110 cm³/mol. The molecule has 7 nitrogen and oxygen atoms in total. The van der Waals surface area contributed by atoms with Gasteiger partial charge in [0.2, 0.25) is 0 Å². The summed E-state index contributed by atoms with van der Waals surface area (Å²) in [6.45, 7) is 8.70. The van der Waals surface area contributed by atoms with Gasteiger partial charge >= 0.3 is 6.09 Å². The maximum Gasteiger partial charge on any atom is 0.410 e. The van der Waals surface area contributed by atoms with Crippen LogP contribution in [-0.4, -0.2) is 63.2 Å². The van der Waals surface area contributed by atoms with E-state index in [1.807, 2.05) is 31.9 Å². The number of carbonyl (C=O) groups is 2. The smallest absolute Gasteiger partial charge is 0.410 e. The van der Waals surface area contributed by atoms with Gasteiger partial charge in [-0.3, -0.25) is 4.79 Å². The molecular formula is C22H30N4O3. The first-order valence-electron chi connectivity index (χ1n) is 10.6. The Balaban J connectivity index is 1.47. The van der Waals surface area contributed by atoms with Crippen molar-refractivity contribution in [2.24, 2.45) is 0 Å². The minimum absolute atomic E-state index is 0.0781. The summed E-state index contributed by atoms with van der Waals surface area (Å²) < 4.78 is 7.27. The number of pyridine rings is 1. The lowest BCUT2D eigenvalue weighted by atomic mass is 9.90. The topological polar surface area (TPSA) is 67.2 Å². The van der Waals surface area contributed by atoms with E-state index in [2.05, 4.69) is 17.2 Å². The van der Waals surface area contributed by atoms with Gasteiger partial charge in [-0.15, -0.1) is 0 Å². The Morgan fingerprint density at radius 3 is 2.41 bits per heavy atom. The van der Waals surface area contributed by atoms with Gasteiger partial charge in [0.15, 0.2) is 0 Å². The molecule has 2 saturated heterocycles. The molecule has 2 aromatic rings. The Morgan fingerprint density at radius 2 is 1.76 bits per heavy atom. The standard InChI is InChI=1S/C22H30N4O3/c1-22(2,3)29-21(28)25-11-6-16(7-12-25)17-8-13-26-19(14-17)18(15-23-26)20(27)24-9-4-5-10-24/h8,13-16H,4-7,9-12H2,1-3H3. The van der Waals surface area contributed by atoms with E-state index in [4.69, 9.17) is 4.74 Å². The highest BCUT2D eigenvalue weighted by molar-refractivity contribution is 6.00. The van der Waals surface area contributed by atoms with Crippen molar-refractivity contribution in [3.63, 3.8) is 0 Å². The zero-order valence-electron chi connectivity index (χ0n) is 17.6. The summed E-state index contributed by atoms with van der Waals surface area (Å²) in [5, 5.41) is 4.37. The molecule has 4 rings (SSSR count). The fraction of sp³-hybridized carbons (Fsp3) is 0.591. The fourth-order valence-electron chi connectivity index (χ4n) is 4.23. The molecule has 0 atom stereocenters. The Bertz CT molecular complexity index is 900. The van der Waals surface area contributed by atoms with Crippen molar-refractivity contribution >= 4 is 17.5 Å². The average molecular weight is 399 g/mol. The summed E-state index contributed by atoms with van der Waals surface area (Å²) in [6.07, 6.45) is 7.31. The Labute approximate surface area is 171 Å². The summed E-state index contributed by atoms with van der Waals surface area (Å²) in [5.74, 6) is 0.442. The molecule has 0 bridgehead atoms. The average Bonchev–Trinajstić information content (AvgIpc) is 3.36. The van der Waals surface area contributed by atoms with Gasteiger partial charge in [-0.1, -0.05) is 0 Å². The van der Waals surface area contributed by atoms with E-state index < -0.39 is 5.60 Å². The van der Waals surface area contributed by atoms with Crippen molar-refractivity contribution in [2.45, 2.75) is 58.0 Å². The predicted octanol–water partition coefficient (Wildman–Crippen LogP) is 3.68. The maximum absolute atomic E-state index is 12.9. The number of piperidine rings is 1. The van der Waals surface area contributed by atoms with Crippen LogP contribution in [0, 0.1) is 0 Å². The lowest BCUT2D eigenvalue weighted by Crippen LogP contribution is -2.41. The van der Waals surface area contributed by atoms with E-state index in [-0.39, 0.29) is 12.0 Å². The molecule has 7 heteroatoms. The van der Waals surface area contributed by atoms with Gasteiger partial charge in [0.05, 0.1) is 17.3 Å². The first kappa shape index (κ1) is 19.7. The van der Waals surface area contributed by atoms with Crippen molar-refractivity contribution in [1.82, 2.24) is 19.4 Å². The van der Waals surface area contributed by atoms with Gasteiger partial charge < -0.3 is 14.5 Å². The normalized spacial score (nSPS) is 18.4. The van der Waals surface area contributed by atoms with Crippen LogP contribution in [0.1, 0.15) is 68.3 Å². The van der Waals surface area contributed by atoms with Gasteiger partial charge in [-0.05, 0) is 70.1 Å². The SMILES string of the molecule is CC(C)(C)OC(=O)N1CCC(c2ccn3ncc(C(=O)N4CCCC4)c3c2)CC1. The molecule has 0 N–H and O–H groups in total. The molecule has 156 valence electrons. The second kappa shape index (κ2) is 7.69. The second-order valence-electron chi connectivity index (χ2n) is 9.09. The number of nitrogens with zero attached hydrogens (tertiary/aromatic N) is 4. The van der Waals surface area contributed by atoms with Gasteiger partial charge in [0.25, 0.3) is 5.91 Å². The van der Waals surface area contributed by atoms with Crippen LogP contribution in [-0.2, 0) is 4.74 Å². The number of likely N-dealkylation sites (tertiary alicyclic amines) is 2. The molecule has 0 aromatic carbocycles. The van der Waals surface area contributed by atoms with Crippen LogP contribution in [0.4, 0.5) is 4.79 Å². The van der Waals surface area contributed by atoms with E-state index >= 15 is 0 Å². The minimum atomic E-state index is -0.473. The van der Waals surface area contributed by atoms with Crippen LogP contribution < -0.4 is 0 Å². The first-order valence-corrected chi connectivity index (χ1v) is 10.6. The van der Waals surface area contributed by atoms with Crippen LogP contribution in [0.15, 0.2) is 24.5 Å². The Hall–Kier alpha value is -2.57. The van der Waals surface area contributed by atoms with Gasteiger partial charge in [-0.25, -0.2) is 9.31 Å². The molecule has 0 unspecified atom stereocenters. The zero-order valence-corrected chi connectivity index (χ0v) is 17.6. The number of ether oxygens (including phenoxy) is 1. The number of rotatable bonds is 2. The van der Waals surface area contributed by atoms with Crippen molar-refractivity contribution in [1.29, 1.82) is 0 Å². The third-order valence-electron chi connectivity index (χ3n) is 5.79. The summed E-state index contributed by atoms with van der Waals surface area (Å²) in [7, 11) is 0. The molecular weight excluding hydrogens is 368 g/mol. The van der Waals surface area contributed by atoms with Gasteiger partial charge in [0.1, 0.15) is 5.60 Å². The molecule has 29 heavy (non-hydrogen) atoms. The molecule has 0 spiro atoms. The monoisotopic (exact) mass is 398 g/mol. The fourth-order valence-corrected chi connectivity index (χ4v) is 4.23. The summed E-state index contributed by atoms with van der Waals surface area (Å²) in [5.41, 5.74) is 2.28. The van der Waals surface area contributed by atoms with Crippen molar-refractivity contribution < 1.29 is 14.3 Å². The summed E-state index contributed by atoms with van der Waals surface area (Å²) in [6, 6.07) is 4.18. The molecule has 0 radical (unpaired) electrons. The molecule has 2 fully saturated rings. The van der Waals surface area contributed by atoms with E-state index in [0.29, 0.717) is 24.6 Å². The third-order valence-corrected chi connectivity index (χ3v) is 5.79. The first-order chi connectivity index (χ1) is 13.8. The molecule has 0 aliphatic carbocycles. The van der Waals surface area contributed by atoms with Crippen molar-refractivity contribution in [3.8, 4) is 0 Å². The number of hydrogen-bond donors (Lipinski definition) is 0. The number of hydrogen-bond acceptors (Lipinski definition) is 4. The molecule has 2 aromatic heterocycles. The highest BCUT2D eigenvalue weighted by Gasteiger charge is 2.28. The lowest BCUT2D eigenvalue weighted by Gasteiger charge is -2.33. The molecule has 2 amide bonds. The highest BCUT2D eigenvalue weighted by Crippen LogP contribution is 2.30. The van der Waals surface area contributed by atoms with Crippen LogP contribution in [0.25, 0.3) is 5.52 Å². The maximum atomic E-state index is 12.9. The van der Waals surface area contributed by atoms with E-state index in [0.717, 1.165) is 44.3 Å². The molecule has 2 aliphatic heterocycles. The number of carbonyl (C=O) groups excluding carboxylic acids is 2. The summed E-state index contributed by atoms with van der Waals surface area (Å²) >= 11 is 0. The van der Waals surface area contributed by atoms with E-state index in [1.54, 1.807) is 15.6 Å². The highest BCUT2D eigenvalue weighted by atomic mass is 16.6. The van der Waals surface area contributed by atoms with Crippen molar-refractivity contribution in [3.05, 3.63) is 35.7 Å². The Kier molecular flexibility index (Phi) is 5.23.